The van der Waals surface area contributed by atoms with Crippen LogP contribution in [-0.4, -0.2) is 26.5 Å². The van der Waals surface area contributed by atoms with Crippen LogP contribution in [0.25, 0.3) is 0 Å². The summed E-state index contributed by atoms with van der Waals surface area (Å²) < 4.78 is 0. The normalized spacial score (nSPS) is 7.31. The molecular formula is C7H6N4O2. The fraction of sp³-hybridized carbons (Fsp3) is 0. The van der Waals surface area contributed by atoms with Crippen LogP contribution >= 0.6 is 0 Å². The number of aromatic nitrogens is 3. The Bertz CT molecular complexity index is 290. The standard InChI is InChI=1S/C4H3NO2.C3H3N3/c1-3(2-5)4(6)7;1-2-4-6-5-3-1/h1H2,(H,6,7);1-3H. The van der Waals surface area contributed by atoms with Crippen molar-refractivity contribution in [3.05, 3.63) is 30.6 Å². The summed E-state index contributed by atoms with van der Waals surface area (Å²) in [6, 6.07) is 3.09. The maximum absolute atomic E-state index is 9.61. The third kappa shape index (κ3) is 6.12. The highest BCUT2D eigenvalue weighted by molar-refractivity contribution is 5.90. The molecule has 0 atom stereocenters. The van der Waals surface area contributed by atoms with Crippen LogP contribution in [0.1, 0.15) is 0 Å². The summed E-state index contributed by atoms with van der Waals surface area (Å²) in [7, 11) is 0. The molecule has 6 heteroatoms. The molecule has 1 rings (SSSR count). The van der Waals surface area contributed by atoms with E-state index in [4.69, 9.17) is 10.4 Å². The fourth-order valence-corrected chi connectivity index (χ4v) is 0.253. The Labute approximate surface area is 74.2 Å². The molecule has 0 aromatic carbocycles. The molecule has 1 heterocycles. The van der Waals surface area contributed by atoms with Crippen molar-refractivity contribution in [2.24, 2.45) is 0 Å². The molecule has 0 fully saturated rings. The number of hydrogen-bond donors (Lipinski definition) is 1. The zero-order valence-corrected chi connectivity index (χ0v) is 6.58. The molecule has 6 nitrogen and oxygen atoms in total. The Balaban J connectivity index is 0.000000223. The van der Waals surface area contributed by atoms with Crippen LogP contribution in [0.4, 0.5) is 0 Å². The van der Waals surface area contributed by atoms with Crippen LogP contribution in [0.3, 0.4) is 0 Å². The summed E-state index contributed by atoms with van der Waals surface area (Å²) in [5.74, 6) is -1.26. The van der Waals surface area contributed by atoms with Crippen molar-refractivity contribution < 1.29 is 9.90 Å². The number of carboxylic acid groups (broad SMARTS) is 1. The second-order valence-corrected chi connectivity index (χ2v) is 1.71. The van der Waals surface area contributed by atoms with Crippen molar-refractivity contribution in [3.8, 4) is 6.07 Å². The van der Waals surface area contributed by atoms with Crippen LogP contribution in [0.15, 0.2) is 30.6 Å². The Morgan fingerprint density at radius 3 is 2.08 bits per heavy atom. The maximum Gasteiger partial charge on any atom is 0.345 e. The first-order chi connectivity index (χ1) is 6.18. The summed E-state index contributed by atoms with van der Waals surface area (Å²) in [6.07, 6.45) is 3.15. The summed E-state index contributed by atoms with van der Waals surface area (Å²) in [4.78, 5) is 9.61. The lowest BCUT2D eigenvalue weighted by Crippen LogP contribution is -1.94. The van der Waals surface area contributed by atoms with E-state index < -0.39 is 11.5 Å². The smallest absolute Gasteiger partial charge is 0.345 e. The average molecular weight is 178 g/mol. The molecule has 1 aromatic rings. The zero-order valence-electron chi connectivity index (χ0n) is 6.58. The first-order valence-electron chi connectivity index (χ1n) is 3.09. The number of aliphatic carboxylic acids is 1. The van der Waals surface area contributed by atoms with Crippen LogP contribution < -0.4 is 0 Å². The van der Waals surface area contributed by atoms with Crippen LogP contribution in [-0.2, 0) is 4.79 Å². The third-order valence-corrected chi connectivity index (χ3v) is 0.802. The number of carboxylic acids is 1. The van der Waals surface area contributed by atoms with Crippen molar-refractivity contribution in [1.82, 2.24) is 15.4 Å². The van der Waals surface area contributed by atoms with Gasteiger partial charge in [-0.2, -0.15) is 5.26 Å². The molecule has 1 aromatic heterocycles. The first-order valence-corrected chi connectivity index (χ1v) is 3.09. The first kappa shape index (κ1) is 10.7. The van der Waals surface area contributed by atoms with Crippen molar-refractivity contribution in [1.29, 1.82) is 5.26 Å². The molecule has 0 aliphatic rings. The monoisotopic (exact) mass is 178 g/mol. The lowest BCUT2D eigenvalue weighted by atomic mass is 10.4. The molecule has 0 saturated heterocycles. The van der Waals surface area contributed by atoms with Gasteiger partial charge in [-0.25, -0.2) is 4.79 Å². The van der Waals surface area contributed by atoms with E-state index in [0.29, 0.717) is 0 Å². The number of carbonyl (C=O) groups is 1. The molecular weight excluding hydrogens is 172 g/mol. The van der Waals surface area contributed by atoms with Crippen LogP contribution in [0, 0.1) is 11.3 Å². The van der Waals surface area contributed by atoms with Gasteiger partial charge in [0.2, 0.25) is 0 Å². The predicted octanol–water partition coefficient (Wildman–Crippen LogP) is 0.0224. The number of nitrogens with zero attached hydrogens (tertiary/aromatic N) is 4. The van der Waals surface area contributed by atoms with Crippen LogP contribution in [0.5, 0.6) is 0 Å². The summed E-state index contributed by atoms with van der Waals surface area (Å²) in [5.41, 5.74) is -0.431. The molecule has 0 amide bonds. The highest BCUT2D eigenvalue weighted by Crippen LogP contribution is 1.81. The largest absolute Gasteiger partial charge is 0.477 e. The van der Waals surface area contributed by atoms with Gasteiger partial charge in [-0.05, 0) is 11.3 Å². The van der Waals surface area contributed by atoms with E-state index in [1.165, 1.54) is 6.07 Å². The SMILES string of the molecule is C=C(C#N)C(=O)O.c1cnnnc1. The summed E-state index contributed by atoms with van der Waals surface area (Å²) in [6.45, 7) is 2.91. The van der Waals surface area contributed by atoms with E-state index in [-0.39, 0.29) is 0 Å². The highest BCUT2D eigenvalue weighted by atomic mass is 16.4. The van der Waals surface area contributed by atoms with E-state index >= 15 is 0 Å². The van der Waals surface area contributed by atoms with Gasteiger partial charge in [0.25, 0.3) is 0 Å². The van der Waals surface area contributed by atoms with E-state index in [1.54, 1.807) is 18.5 Å². The fourth-order valence-electron chi connectivity index (χ4n) is 0.253. The van der Waals surface area contributed by atoms with Gasteiger partial charge in [-0.1, -0.05) is 6.58 Å². The summed E-state index contributed by atoms with van der Waals surface area (Å²) >= 11 is 0. The second-order valence-electron chi connectivity index (χ2n) is 1.71. The van der Waals surface area contributed by atoms with Gasteiger partial charge in [0.1, 0.15) is 11.6 Å². The Hall–Kier alpha value is -2.29. The van der Waals surface area contributed by atoms with Crippen molar-refractivity contribution in [3.63, 3.8) is 0 Å². The van der Waals surface area contributed by atoms with Gasteiger partial charge in [-0.15, -0.1) is 10.2 Å². The molecule has 0 radical (unpaired) electrons. The number of rotatable bonds is 1. The minimum Gasteiger partial charge on any atom is -0.477 e. The lowest BCUT2D eigenvalue weighted by molar-refractivity contribution is -0.132. The van der Waals surface area contributed by atoms with Gasteiger partial charge in [-0.3, -0.25) is 0 Å². The Morgan fingerprint density at radius 1 is 1.46 bits per heavy atom. The van der Waals surface area contributed by atoms with E-state index in [2.05, 4.69) is 22.0 Å². The molecule has 66 valence electrons. The molecule has 13 heavy (non-hydrogen) atoms. The molecule has 0 aliphatic carbocycles. The van der Waals surface area contributed by atoms with Crippen LogP contribution in [0.2, 0.25) is 0 Å². The molecule has 0 spiro atoms. The molecule has 1 N–H and O–H groups in total. The quantitative estimate of drug-likeness (QED) is 0.480. The zero-order chi connectivity index (χ0) is 10.1. The number of hydrogen-bond acceptors (Lipinski definition) is 5. The van der Waals surface area contributed by atoms with Gasteiger partial charge in [0.05, 0.1) is 12.4 Å². The molecule has 0 bridgehead atoms. The van der Waals surface area contributed by atoms with Gasteiger partial charge in [0, 0.05) is 0 Å². The average Bonchev–Trinajstić information content (AvgIpc) is 2.20. The highest BCUT2D eigenvalue weighted by Gasteiger charge is 1.97. The van der Waals surface area contributed by atoms with Gasteiger partial charge >= 0.3 is 5.97 Å². The lowest BCUT2D eigenvalue weighted by Gasteiger charge is -1.76. The number of nitriles is 1. The molecule has 0 saturated carbocycles. The Morgan fingerprint density at radius 2 is 2.00 bits per heavy atom. The van der Waals surface area contributed by atoms with E-state index in [0.717, 1.165) is 0 Å². The minimum absolute atomic E-state index is 0.431. The minimum atomic E-state index is -1.26. The van der Waals surface area contributed by atoms with Gasteiger partial charge in [0.15, 0.2) is 0 Å². The van der Waals surface area contributed by atoms with Crippen molar-refractivity contribution in [2.75, 3.05) is 0 Å². The molecule has 0 unspecified atom stereocenters. The van der Waals surface area contributed by atoms with Crippen molar-refractivity contribution >= 4 is 5.97 Å². The topological polar surface area (TPSA) is 99.8 Å². The van der Waals surface area contributed by atoms with E-state index in [9.17, 15) is 4.79 Å². The van der Waals surface area contributed by atoms with Crippen molar-refractivity contribution in [2.45, 2.75) is 0 Å². The van der Waals surface area contributed by atoms with Gasteiger partial charge < -0.3 is 5.11 Å². The van der Waals surface area contributed by atoms with E-state index in [1.807, 2.05) is 0 Å². The Kier molecular flexibility index (Phi) is 5.29. The predicted molar refractivity (Wildman–Crippen MR) is 42.2 cm³/mol. The summed E-state index contributed by atoms with van der Waals surface area (Å²) in [5, 5.41) is 25.8. The maximum atomic E-state index is 9.61. The third-order valence-electron chi connectivity index (χ3n) is 0.802. The molecule has 0 aliphatic heterocycles. The second kappa shape index (κ2) is 6.42.